The minimum Gasteiger partial charge on any atom is -0.465 e. The van der Waals surface area contributed by atoms with Crippen molar-refractivity contribution in [2.45, 2.75) is 25.3 Å². The summed E-state index contributed by atoms with van der Waals surface area (Å²) in [6.45, 7) is 0. The molecule has 1 amide bonds. The Morgan fingerprint density at radius 1 is 1.26 bits per heavy atom. The minimum atomic E-state index is -0.442. The number of ether oxygens (including phenoxy) is 1. The van der Waals surface area contributed by atoms with Crippen LogP contribution in [0.25, 0.3) is 0 Å². The second-order valence-electron chi connectivity index (χ2n) is 5.61. The molecule has 1 aromatic heterocycles. The molecule has 2 aromatic rings. The van der Waals surface area contributed by atoms with Crippen LogP contribution in [0.4, 0.5) is 5.69 Å². The van der Waals surface area contributed by atoms with Crippen molar-refractivity contribution >= 4 is 17.6 Å². The van der Waals surface area contributed by atoms with Gasteiger partial charge in [0.15, 0.2) is 0 Å². The summed E-state index contributed by atoms with van der Waals surface area (Å²) < 4.78 is 6.41. The monoisotopic (exact) mass is 313 g/mol. The molecule has 6 nitrogen and oxygen atoms in total. The molecule has 1 aliphatic carbocycles. The SMILES string of the molecule is COC(=O)c1ccccc1N(C(=O)c1ccnn1C)C1CCC1. The highest BCUT2D eigenvalue weighted by atomic mass is 16.5. The molecule has 23 heavy (non-hydrogen) atoms. The maximum Gasteiger partial charge on any atom is 0.339 e. The number of esters is 1. The van der Waals surface area contributed by atoms with Gasteiger partial charge in [-0.05, 0) is 37.5 Å². The van der Waals surface area contributed by atoms with Gasteiger partial charge in [0.1, 0.15) is 5.69 Å². The van der Waals surface area contributed by atoms with E-state index in [1.165, 1.54) is 7.11 Å². The lowest BCUT2D eigenvalue weighted by Crippen LogP contribution is -2.45. The van der Waals surface area contributed by atoms with Crippen molar-refractivity contribution in [2.24, 2.45) is 7.05 Å². The van der Waals surface area contributed by atoms with E-state index >= 15 is 0 Å². The van der Waals surface area contributed by atoms with Crippen LogP contribution < -0.4 is 4.90 Å². The van der Waals surface area contributed by atoms with Gasteiger partial charge in [-0.15, -0.1) is 0 Å². The number of rotatable bonds is 4. The van der Waals surface area contributed by atoms with Crippen LogP contribution in [0.3, 0.4) is 0 Å². The molecule has 0 aliphatic heterocycles. The predicted molar refractivity (Wildman–Crippen MR) is 85.4 cm³/mol. The molecule has 1 heterocycles. The molecule has 6 heteroatoms. The Hall–Kier alpha value is -2.63. The fourth-order valence-corrected chi connectivity index (χ4v) is 2.79. The van der Waals surface area contributed by atoms with Crippen LogP contribution in [0.2, 0.25) is 0 Å². The van der Waals surface area contributed by atoms with Crippen LogP contribution in [0.15, 0.2) is 36.5 Å². The van der Waals surface area contributed by atoms with Crippen molar-refractivity contribution in [3.05, 3.63) is 47.8 Å². The third-order valence-electron chi connectivity index (χ3n) is 4.27. The molecule has 0 atom stereocenters. The molecule has 1 aromatic carbocycles. The Kier molecular flexibility index (Phi) is 4.14. The lowest BCUT2D eigenvalue weighted by atomic mass is 9.90. The number of aromatic nitrogens is 2. The Morgan fingerprint density at radius 2 is 2.00 bits per heavy atom. The van der Waals surface area contributed by atoms with E-state index in [0.29, 0.717) is 16.9 Å². The Morgan fingerprint density at radius 3 is 2.57 bits per heavy atom. The molecular formula is C17H19N3O3. The van der Waals surface area contributed by atoms with E-state index in [1.807, 2.05) is 6.07 Å². The van der Waals surface area contributed by atoms with Crippen molar-refractivity contribution in [1.29, 1.82) is 0 Å². The lowest BCUT2D eigenvalue weighted by molar-refractivity contribution is 0.0601. The van der Waals surface area contributed by atoms with E-state index < -0.39 is 5.97 Å². The quantitative estimate of drug-likeness (QED) is 0.813. The molecule has 3 rings (SSSR count). The molecule has 0 spiro atoms. The molecule has 120 valence electrons. The number of benzene rings is 1. The molecule has 0 N–H and O–H groups in total. The van der Waals surface area contributed by atoms with Gasteiger partial charge >= 0.3 is 5.97 Å². The number of hydrogen-bond donors (Lipinski definition) is 0. The summed E-state index contributed by atoms with van der Waals surface area (Å²) in [6, 6.07) is 8.85. The van der Waals surface area contributed by atoms with Gasteiger partial charge in [0.05, 0.1) is 18.4 Å². The van der Waals surface area contributed by atoms with Crippen molar-refractivity contribution < 1.29 is 14.3 Å². The average Bonchev–Trinajstić information content (AvgIpc) is 2.95. The molecular weight excluding hydrogens is 294 g/mol. The molecule has 0 bridgehead atoms. The van der Waals surface area contributed by atoms with Gasteiger partial charge in [-0.25, -0.2) is 4.79 Å². The summed E-state index contributed by atoms with van der Waals surface area (Å²) in [5, 5.41) is 4.07. The standard InChI is InChI=1S/C17H19N3O3/c1-19-15(10-11-18-19)16(21)20(12-6-5-7-12)14-9-4-3-8-13(14)17(22)23-2/h3-4,8-12H,5-7H2,1-2H3. The molecule has 1 aliphatic rings. The zero-order valence-corrected chi connectivity index (χ0v) is 13.2. The summed E-state index contributed by atoms with van der Waals surface area (Å²) in [5.41, 5.74) is 1.49. The molecule has 0 saturated heterocycles. The van der Waals surface area contributed by atoms with Crippen LogP contribution in [0, 0.1) is 0 Å². The van der Waals surface area contributed by atoms with Gasteiger partial charge in [0, 0.05) is 19.3 Å². The number of carbonyl (C=O) groups is 2. The van der Waals surface area contributed by atoms with Gasteiger partial charge in [-0.1, -0.05) is 12.1 Å². The second-order valence-corrected chi connectivity index (χ2v) is 5.61. The van der Waals surface area contributed by atoms with Crippen molar-refractivity contribution in [1.82, 2.24) is 9.78 Å². The summed E-state index contributed by atoms with van der Waals surface area (Å²) in [7, 11) is 3.08. The first-order valence-corrected chi connectivity index (χ1v) is 7.62. The van der Waals surface area contributed by atoms with Gasteiger partial charge in [-0.3, -0.25) is 9.48 Å². The predicted octanol–water partition coefficient (Wildman–Crippen LogP) is 2.41. The topological polar surface area (TPSA) is 64.4 Å². The van der Waals surface area contributed by atoms with Gasteiger partial charge < -0.3 is 9.64 Å². The van der Waals surface area contributed by atoms with E-state index in [2.05, 4.69) is 5.10 Å². The van der Waals surface area contributed by atoms with E-state index in [0.717, 1.165) is 19.3 Å². The van der Waals surface area contributed by atoms with Gasteiger partial charge in [-0.2, -0.15) is 5.10 Å². The van der Waals surface area contributed by atoms with Crippen molar-refractivity contribution in [3.63, 3.8) is 0 Å². The van der Waals surface area contributed by atoms with Crippen molar-refractivity contribution in [2.75, 3.05) is 12.0 Å². The molecule has 1 saturated carbocycles. The van der Waals surface area contributed by atoms with Crippen LogP contribution in [-0.2, 0) is 11.8 Å². The maximum atomic E-state index is 13.0. The highest BCUT2D eigenvalue weighted by molar-refractivity contribution is 6.09. The highest BCUT2D eigenvalue weighted by Gasteiger charge is 2.34. The first-order chi connectivity index (χ1) is 11.1. The van der Waals surface area contributed by atoms with Crippen LogP contribution in [-0.4, -0.2) is 34.8 Å². The number of methoxy groups -OCH3 is 1. The number of nitrogens with zero attached hydrogens (tertiary/aromatic N) is 3. The number of amides is 1. The molecule has 0 radical (unpaired) electrons. The smallest absolute Gasteiger partial charge is 0.339 e. The number of carbonyl (C=O) groups excluding carboxylic acids is 2. The van der Waals surface area contributed by atoms with E-state index in [1.54, 1.807) is 47.1 Å². The highest BCUT2D eigenvalue weighted by Crippen LogP contribution is 2.33. The number of hydrogen-bond acceptors (Lipinski definition) is 4. The maximum absolute atomic E-state index is 13.0. The normalized spacial score (nSPS) is 14.2. The minimum absolute atomic E-state index is 0.100. The first kappa shape index (κ1) is 15.3. The number of anilines is 1. The fraction of sp³-hybridized carbons (Fsp3) is 0.353. The van der Waals surface area contributed by atoms with Crippen LogP contribution in [0.1, 0.15) is 40.1 Å². The van der Waals surface area contributed by atoms with Crippen molar-refractivity contribution in [3.8, 4) is 0 Å². The zero-order chi connectivity index (χ0) is 16.4. The van der Waals surface area contributed by atoms with Gasteiger partial charge in [0.2, 0.25) is 0 Å². The van der Waals surface area contributed by atoms with E-state index in [9.17, 15) is 9.59 Å². The largest absolute Gasteiger partial charge is 0.465 e. The zero-order valence-electron chi connectivity index (χ0n) is 13.2. The summed E-state index contributed by atoms with van der Waals surface area (Å²) >= 11 is 0. The molecule has 0 unspecified atom stereocenters. The van der Waals surface area contributed by atoms with Crippen LogP contribution in [0.5, 0.6) is 0 Å². The number of aryl methyl sites for hydroxylation is 1. The third-order valence-corrected chi connectivity index (χ3v) is 4.27. The van der Waals surface area contributed by atoms with E-state index in [4.69, 9.17) is 4.74 Å². The summed E-state index contributed by atoms with van der Waals surface area (Å²) in [4.78, 5) is 26.8. The number of para-hydroxylation sites is 1. The summed E-state index contributed by atoms with van der Waals surface area (Å²) in [5.74, 6) is -0.589. The lowest BCUT2D eigenvalue weighted by Gasteiger charge is -2.38. The average molecular weight is 313 g/mol. The summed E-state index contributed by atoms with van der Waals surface area (Å²) in [6.07, 6.45) is 4.54. The van der Waals surface area contributed by atoms with Crippen LogP contribution >= 0.6 is 0 Å². The Labute approximate surface area is 134 Å². The first-order valence-electron chi connectivity index (χ1n) is 7.62. The fourth-order valence-electron chi connectivity index (χ4n) is 2.79. The van der Waals surface area contributed by atoms with Gasteiger partial charge in [0.25, 0.3) is 5.91 Å². The Bertz CT molecular complexity index is 734. The third kappa shape index (κ3) is 2.72. The second kappa shape index (κ2) is 6.24. The molecule has 1 fully saturated rings. The Balaban J connectivity index is 2.06. The van der Waals surface area contributed by atoms with E-state index in [-0.39, 0.29) is 11.9 Å².